The topological polar surface area (TPSA) is 52.6 Å². The van der Waals surface area contributed by atoms with Crippen LogP contribution in [0.15, 0.2) is 42.5 Å². The molecular weight excluding hydrogens is 379 g/mol. The van der Waals surface area contributed by atoms with Gasteiger partial charge in [-0.1, -0.05) is 37.1 Å². The van der Waals surface area contributed by atoms with Crippen LogP contribution in [0.2, 0.25) is 0 Å². The lowest BCUT2D eigenvalue weighted by atomic mass is 9.66. The Bertz CT molecular complexity index is 914. The lowest BCUT2D eigenvalue weighted by Gasteiger charge is -2.52. The van der Waals surface area contributed by atoms with E-state index in [1.165, 1.54) is 12.1 Å². The van der Waals surface area contributed by atoms with Gasteiger partial charge in [-0.05, 0) is 68.0 Å². The highest BCUT2D eigenvalue weighted by Crippen LogP contribution is 2.49. The van der Waals surface area contributed by atoms with Gasteiger partial charge >= 0.3 is 0 Å². The van der Waals surface area contributed by atoms with Crippen LogP contribution in [0.5, 0.6) is 0 Å². The molecule has 2 fully saturated rings. The van der Waals surface area contributed by atoms with Crippen molar-refractivity contribution in [2.45, 2.75) is 57.6 Å². The molecular formula is C25H31FN2O2. The lowest BCUT2D eigenvalue weighted by molar-refractivity contribution is -0.135. The quantitative estimate of drug-likeness (QED) is 0.765. The maximum atomic E-state index is 13.6. The largest absolute Gasteiger partial charge is 0.389 e. The number of hydrogen-bond donors (Lipinski definition) is 2. The molecule has 4 rings (SSSR count). The first-order chi connectivity index (χ1) is 14.4. The minimum Gasteiger partial charge on any atom is -0.389 e. The normalized spacial score (nSPS) is 26.8. The number of carbonyl (C=O) groups excluding carboxylic acids is 1. The van der Waals surface area contributed by atoms with Gasteiger partial charge in [-0.3, -0.25) is 9.69 Å². The van der Waals surface area contributed by atoms with Gasteiger partial charge in [0, 0.05) is 24.2 Å². The standard InChI is InChI=1S/C25H31FN2O2/c1-17-6-7-18(2)22(15-17)27-23(29)16-28-14-13-25(30)12-4-3-5-21(25)24(28)19-8-10-20(26)11-9-19/h6-11,15,21,24,30H,3-5,12-14,16H2,1-2H3,(H,27,29)/t21-,24+,25+/m1/s1. The van der Waals surface area contributed by atoms with Crippen LogP contribution in [-0.4, -0.2) is 34.6 Å². The fraction of sp³-hybridized carbons (Fsp3) is 0.480. The number of aliphatic hydroxyl groups is 1. The Morgan fingerprint density at radius 2 is 1.93 bits per heavy atom. The molecule has 0 unspecified atom stereocenters. The monoisotopic (exact) mass is 410 g/mol. The smallest absolute Gasteiger partial charge is 0.238 e. The van der Waals surface area contributed by atoms with Gasteiger partial charge in [0.05, 0.1) is 12.1 Å². The third-order valence-electron chi connectivity index (χ3n) is 6.90. The van der Waals surface area contributed by atoms with Crippen LogP contribution >= 0.6 is 0 Å². The van der Waals surface area contributed by atoms with E-state index in [-0.39, 0.29) is 30.2 Å². The number of anilines is 1. The van der Waals surface area contributed by atoms with E-state index < -0.39 is 5.60 Å². The van der Waals surface area contributed by atoms with Gasteiger partial charge in [0.1, 0.15) is 5.82 Å². The van der Waals surface area contributed by atoms with Gasteiger partial charge in [-0.15, -0.1) is 0 Å². The molecule has 2 N–H and O–H groups in total. The highest BCUT2D eigenvalue weighted by Gasteiger charge is 2.49. The number of hydrogen-bond acceptors (Lipinski definition) is 3. The van der Waals surface area contributed by atoms with E-state index in [1.54, 1.807) is 12.1 Å². The summed E-state index contributed by atoms with van der Waals surface area (Å²) < 4.78 is 13.6. The van der Waals surface area contributed by atoms with Crippen molar-refractivity contribution >= 4 is 11.6 Å². The van der Waals surface area contributed by atoms with Crippen LogP contribution in [0.3, 0.4) is 0 Å². The first kappa shape index (κ1) is 21.0. The van der Waals surface area contributed by atoms with Gasteiger partial charge in [-0.2, -0.15) is 0 Å². The second-order valence-corrected chi connectivity index (χ2v) is 9.04. The molecule has 1 saturated carbocycles. The molecule has 1 saturated heterocycles. The van der Waals surface area contributed by atoms with Crippen molar-refractivity contribution < 1.29 is 14.3 Å². The Hall–Kier alpha value is -2.24. The zero-order valence-corrected chi connectivity index (χ0v) is 17.8. The number of benzene rings is 2. The Morgan fingerprint density at radius 1 is 1.17 bits per heavy atom. The van der Waals surface area contributed by atoms with Crippen LogP contribution < -0.4 is 5.32 Å². The summed E-state index contributed by atoms with van der Waals surface area (Å²) in [6.07, 6.45) is 4.51. The van der Waals surface area contributed by atoms with E-state index in [0.29, 0.717) is 13.0 Å². The third kappa shape index (κ3) is 4.28. The van der Waals surface area contributed by atoms with Crippen molar-refractivity contribution in [1.82, 2.24) is 4.90 Å². The van der Waals surface area contributed by atoms with Gasteiger partial charge in [-0.25, -0.2) is 4.39 Å². The van der Waals surface area contributed by atoms with Crippen LogP contribution in [0.25, 0.3) is 0 Å². The molecule has 30 heavy (non-hydrogen) atoms. The number of carbonyl (C=O) groups is 1. The predicted octanol–water partition coefficient (Wildman–Crippen LogP) is 4.75. The number of nitrogens with zero attached hydrogens (tertiary/aromatic N) is 1. The fourth-order valence-electron chi connectivity index (χ4n) is 5.27. The van der Waals surface area contributed by atoms with Gasteiger partial charge in [0.25, 0.3) is 0 Å². The van der Waals surface area contributed by atoms with E-state index in [4.69, 9.17) is 0 Å². The number of amides is 1. The van der Waals surface area contributed by atoms with E-state index in [1.807, 2.05) is 32.0 Å². The Kier molecular flexibility index (Phi) is 5.94. The highest BCUT2D eigenvalue weighted by molar-refractivity contribution is 5.93. The second-order valence-electron chi connectivity index (χ2n) is 9.04. The average Bonchev–Trinajstić information content (AvgIpc) is 2.71. The van der Waals surface area contributed by atoms with Crippen molar-refractivity contribution in [3.05, 3.63) is 65.0 Å². The number of fused-ring (bicyclic) bond motifs is 1. The summed E-state index contributed by atoms with van der Waals surface area (Å²) in [5.41, 5.74) is 3.25. The van der Waals surface area contributed by atoms with E-state index in [0.717, 1.165) is 48.1 Å². The highest BCUT2D eigenvalue weighted by atomic mass is 19.1. The molecule has 5 heteroatoms. The molecule has 1 aliphatic carbocycles. The van der Waals surface area contributed by atoms with Crippen molar-refractivity contribution in [3.63, 3.8) is 0 Å². The zero-order chi connectivity index (χ0) is 21.3. The minimum atomic E-state index is -0.697. The molecule has 2 aromatic carbocycles. The molecule has 1 heterocycles. The van der Waals surface area contributed by atoms with Crippen LogP contribution in [-0.2, 0) is 4.79 Å². The first-order valence-corrected chi connectivity index (χ1v) is 10.9. The molecule has 3 atom stereocenters. The van der Waals surface area contributed by atoms with E-state index >= 15 is 0 Å². The van der Waals surface area contributed by atoms with Gasteiger partial charge < -0.3 is 10.4 Å². The van der Waals surface area contributed by atoms with Crippen LogP contribution in [0.1, 0.15) is 54.8 Å². The zero-order valence-electron chi connectivity index (χ0n) is 17.8. The molecule has 2 aromatic rings. The number of piperidine rings is 1. The molecule has 0 bridgehead atoms. The number of rotatable bonds is 4. The first-order valence-electron chi connectivity index (χ1n) is 10.9. The minimum absolute atomic E-state index is 0.0546. The fourth-order valence-corrected chi connectivity index (χ4v) is 5.27. The van der Waals surface area contributed by atoms with Crippen LogP contribution in [0, 0.1) is 25.6 Å². The maximum Gasteiger partial charge on any atom is 0.238 e. The Labute approximate surface area is 178 Å². The molecule has 1 aliphatic heterocycles. The summed E-state index contributed by atoms with van der Waals surface area (Å²) in [4.78, 5) is 15.1. The molecule has 1 amide bonds. The molecule has 160 valence electrons. The molecule has 0 aromatic heterocycles. The van der Waals surface area contributed by atoms with Crippen molar-refractivity contribution in [2.24, 2.45) is 5.92 Å². The molecule has 0 spiro atoms. The summed E-state index contributed by atoms with van der Waals surface area (Å²) in [6.45, 7) is 4.89. The summed E-state index contributed by atoms with van der Waals surface area (Å²) in [5.74, 6) is -0.274. The summed E-state index contributed by atoms with van der Waals surface area (Å²) in [5, 5.41) is 14.4. The van der Waals surface area contributed by atoms with E-state index in [9.17, 15) is 14.3 Å². The molecule has 4 nitrogen and oxygen atoms in total. The molecule has 2 aliphatic rings. The Morgan fingerprint density at radius 3 is 2.70 bits per heavy atom. The number of nitrogens with one attached hydrogen (secondary N) is 1. The number of halogens is 1. The van der Waals surface area contributed by atoms with Crippen molar-refractivity contribution in [3.8, 4) is 0 Å². The number of aryl methyl sites for hydroxylation is 2. The third-order valence-corrected chi connectivity index (χ3v) is 6.90. The summed E-state index contributed by atoms with van der Waals surface area (Å²) in [6, 6.07) is 12.5. The van der Waals surface area contributed by atoms with Crippen molar-refractivity contribution in [2.75, 3.05) is 18.4 Å². The maximum absolute atomic E-state index is 13.6. The van der Waals surface area contributed by atoms with Crippen LogP contribution in [0.4, 0.5) is 10.1 Å². The van der Waals surface area contributed by atoms with Gasteiger partial charge in [0.2, 0.25) is 5.91 Å². The predicted molar refractivity (Wildman–Crippen MR) is 117 cm³/mol. The average molecular weight is 411 g/mol. The Balaban J connectivity index is 1.58. The second kappa shape index (κ2) is 8.48. The van der Waals surface area contributed by atoms with Crippen molar-refractivity contribution in [1.29, 1.82) is 0 Å². The van der Waals surface area contributed by atoms with E-state index in [2.05, 4.69) is 10.2 Å². The number of likely N-dealkylation sites (tertiary alicyclic amines) is 1. The SMILES string of the molecule is Cc1ccc(C)c(NC(=O)CN2CC[C@@]3(O)CCCC[C@@H]3[C@@H]2c2ccc(F)cc2)c1. The molecule has 0 radical (unpaired) electrons. The lowest BCUT2D eigenvalue weighted by Crippen LogP contribution is -2.56. The van der Waals surface area contributed by atoms with Gasteiger partial charge in [0.15, 0.2) is 0 Å². The summed E-state index contributed by atoms with van der Waals surface area (Å²) >= 11 is 0. The summed E-state index contributed by atoms with van der Waals surface area (Å²) in [7, 11) is 0.